The molecular formula is C14H19FN2O2. The van der Waals surface area contributed by atoms with Crippen LogP contribution in [0.5, 0.6) is 0 Å². The number of halogens is 1. The monoisotopic (exact) mass is 266 g/mol. The quantitative estimate of drug-likeness (QED) is 0.865. The minimum absolute atomic E-state index is 0.0958. The van der Waals surface area contributed by atoms with Gasteiger partial charge in [-0.15, -0.1) is 0 Å². The fraction of sp³-hybridized carbons (Fsp3) is 0.500. The Bertz CT molecular complexity index is 433. The van der Waals surface area contributed by atoms with Crippen molar-refractivity contribution in [3.8, 4) is 0 Å². The molecule has 4 nitrogen and oxygen atoms in total. The van der Waals surface area contributed by atoms with E-state index in [1.165, 1.54) is 6.07 Å². The van der Waals surface area contributed by atoms with Crippen molar-refractivity contribution >= 4 is 5.91 Å². The second-order valence-electron chi connectivity index (χ2n) is 4.71. The van der Waals surface area contributed by atoms with E-state index in [4.69, 9.17) is 4.74 Å². The van der Waals surface area contributed by atoms with E-state index in [-0.39, 0.29) is 23.9 Å². The van der Waals surface area contributed by atoms with Crippen LogP contribution in [-0.2, 0) is 9.53 Å². The molecule has 0 aliphatic carbocycles. The molecule has 0 aromatic heterocycles. The van der Waals surface area contributed by atoms with Crippen molar-refractivity contribution < 1.29 is 13.9 Å². The number of amides is 1. The standard InChI is InChI=1S/C14H19FN2O2/c1-10(12-4-2-3-5-13(12)15)17-14(18)8-11-9-16-6-7-19-11/h2-5,10-11,16H,6-9H2,1H3,(H,17,18). The molecule has 5 heteroatoms. The van der Waals surface area contributed by atoms with Crippen LogP contribution >= 0.6 is 0 Å². The maximum Gasteiger partial charge on any atom is 0.223 e. The van der Waals surface area contributed by atoms with Crippen LogP contribution in [0.2, 0.25) is 0 Å². The Morgan fingerprint density at radius 1 is 1.58 bits per heavy atom. The van der Waals surface area contributed by atoms with Gasteiger partial charge < -0.3 is 15.4 Å². The number of ether oxygens (including phenoxy) is 1. The third kappa shape index (κ3) is 4.01. The van der Waals surface area contributed by atoms with Crippen LogP contribution in [0.3, 0.4) is 0 Å². The van der Waals surface area contributed by atoms with Crippen LogP contribution in [-0.4, -0.2) is 31.7 Å². The zero-order chi connectivity index (χ0) is 13.7. The minimum Gasteiger partial charge on any atom is -0.375 e. The second kappa shape index (κ2) is 6.63. The summed E-state index contributed by atoms with van der Waals surface area (Å²) in [5.74, 6) is -0.421. The van der Waals surface area contributed by atoms with Gasteiger partial charge in [-0.25, -0.2) is 4.39 Å². The molecule has 2 rings (SSSR count). The van der Waals surface area contributed by atoms with Gasteiger partial charge in [0.05, 0.1) is 25.2 Å². The van der Waals surface area contributed by atoms with Gasteiger partial charge >= 0.3 is 0 Å². The van der Waals surface area contributed by atoms with Gasteiger partial charge in [0.25, 0.3) is 0 Å². The highest BCUT2D eigenvalue weighted by Gasteiger charge is 2.19. The van der Waals surface area contributed by atoms with E-state index in [0.29, 0.717) is 25.1 Å². The van der Waals surface area contributed by atoms with E-state index in [2.05, 4.69) is 10.6 Å². The first kappa shape index (κ1) is 14.0. The molecule has 0 bridgehead atoms. The number of hydrogen-bond acceptors (Lipinski definition) is 3. The van der Waals surface area contributed by atoms with E-state index in [1.54, 1.807) is 25.1 Å². The molecule has 1 heterocycles. The van der Waals surface area contributed by atoms with Gasteiger partial charge in [0.15, 0.2) is 0 Å². The summed E-state index contributed by atoms with van der Waals surface area (Å²) in [5, 5.41) is 5.97. The summed E-state index contributed by atoms with van der Waals surface area (Å²) in [7, 11) is 0. The van der Waals surface area contributed by atoms with Crippen molar-refractivity contribution in [2.45, 2.75) is 25.5 Å². The molecule has 0 saturated carbocycles. The second-order valence-corrected chi connectivity index (χ2v) is 4.71. The first-order valence-electron chi connectivity index (χ1n) is 6.53. The lowest BCUT2D eigenvalue weighted by atomic mass is 10.1. The van der Waals surface area contributed by atoms with Crippen molar-refractivity contribution in [2.24, 2.45) is 0 Å². The summed E-state index contributed by atoms with van der Waals surface area (Å²) >= 11 is 0. The number of benzene rings is 1. The molecule has 2 N–H and O–H groups in total. The van der Waals surface area contributed by atoms with Crippen LogP contribution in [0.1, 0.15) is 24.9 Å². The van der Waals surface area contributed by atoms with Gasteiger partial charge in [0, 0.05) is 18.7 Å². The summed E-state index contributed by atoms with van der Waals surface area (Å²) in [6.07, 6.45) is 0.202. The van der Waals surface area contributed by atoms with Crippen LogP contribution < -0.4 is 10.6 Å². The van der Waals surface area contributed by atoms with E-state index in [9.17, 15) is 9.18 Å². The van der Waals surface area contributed by atoms with Crippen molar-refractivity contribution in [1.29, 1.82) is 0 Å². The Balaban J connectivity index is 1.86. The lowest BCUT2D eigenvalue weighted by Gasteiger charge is -2.24. The molecule has 1 aliphatic heterocycles. The minimum atomic E-state index is -0.342. The van der Waals surface area contributed by atoms with Crippen LogP contribution in [0.25, 0.3) is 0 Å². The number of morpholine rings is 1. The van der Waals surface area contributed by atoms with Gasteiger partial charge in [-0.2, -0.15) is 0 Å². The molecule has 19 heavy (non-hydrogen) atoms. The molecule has 104 valence electrons. The normalized spacial score (nSPS) is 20.8. The van der Waals surface area contributed by atoms with Gasteiger partial charge in [-0.3, -0.25) is 4.79 Å². The molecule has 2 unspecified atom stereocenters. The summed E-state index contributed by atoms with van der Waals surface area (Å²) in [5.41, 5.74) is 0.499. The van der Waals surface area contributed by atoms with Gasteiger partial charge in [0.1, 0.15) is 5.82 Å². The fourth-order valence-corrected chi connectivity index (χ4v) is 2.16. The van der Waals surface area contributed by atoms with E-state index < -0.39 is 0 Å². The Morgan fingerprint density at radius 2 is 2.37 bits per heavy atom. The Hall–Kier alpha value is -1.46. The first-order valence-corrected chi connectivity index (χ1v) is 6.53. The van der Waals surface area contributed by atoms with Crippen molar-refractivity contribution in [3.05, 3.63) is 35.6 Å². The van der Waals surface area contributed by atoms with Gasteiger partial charge in [-0.1, -0.05) is 18.2 Å². The average molecular weight is 266 g/mol. The van der Waals surface area contributed by atoms with Crippen molar-refractivity contribution in [3.63, 3.8) is 0 Å². The van der Waals surface area contributed by atoms with Crippen molar-refractivity contribution in [1.82, 2.24) is 10.6 Å². The summed E-state index contributed by atoms with van der Waals surface area (Å²) in [4.78, 5) is 11.9. The summed E-state index contributed by atoms with van der Waals surface area (Å²) in [6.45, 7) is 3.91. The third-order valence-corrected chi connectivity index (χ3v) is 3.17. The molecular weight excluding hydrogens is 247 g/mol. The van der Waals surface area contributed by atoms with E-state index >= 15 is 0 Å². The summed E-state index contributed by atoms with van der Waals surface area (Å²) in [6, 6.07) is 6.13. The molecule has 0 spiro atoms. The SMILES string of the molecule is CC(NC(=O)CC1CNCCO1)c1ccccc1F. The Labute approximate surface area is 112 Å². The maximum absolute atomic E-state index is 13.6. The molecule has 1 fully saturated rings. The largest absolute Gasteiger partial charge is 0.375 e. The Morgan fingerprint density at radius 3 is 3.05 bits per heavy atom. The average Bonchev–Trinajstić information content (AvgIpc) is 2.40. The number of nitrogens with one attached hydrogen (secondary N) is 2. The molecule has 2 atom stereocenters. The molecule has 1 aromatic carbocycles. The maximum atomic E-state index is 13.6. The predicted molar refractivity (Wildman–Crippen MR) is 70.2 cm³/mol. The molecule has 1 aromatic rings. The number of carbonyl (C=O) groups is 1. The Kier molecular flexibility index (Phi) is 4.87. The van der Waals surface area contributed by atoms with Crippen molar-refractivity contribution in [2.75, 3.05) is 19.7 Å². The molecule has 0 radical (unpaired) electrons. The van der Waals surface area contributed by atoms with E-state index in [1.807, 2.05) is 0 Å². The highest BCUT2D eigenvalue weighted by atomic mass is 19.1. The molecule has 1 aliphatic rings. The number of rotatable bonds is 4. The van der Waals surface area contributed by atoms with Crippen LogP contribution in [0.4, 0.5) is 4.39 Å². The molecule has 1 saturated heterocycles. The smallest absolute Gasteiger partial charge is 0.223 e. The zero-order valence-corrected chi connectivity index (χ0v) is 11.0. The lowest BCUT2D eigenvalue weighted by Crippen LogP contribution is -2.41. The van der Waals surface area contributed by atoms with Gasteiger partial charge in [0.2, 0.25) is 5.91 Å². The predicted octanol–water partition coefficient (Wildman–Crippen LogP) is 1.38. The first-order chi connectivity index (χ1) is 9.16. The van der Waals surface area contributed by atoms with Crippen LogP contribution in [0.15, 0.2) is 24.3 Å². The van der Waals surface area contributed by atoms with Gasteiger partial charge in [-0.05, 0) is 13.0 Å². The summed E-state index contributed by atoms with van der Waals surface area (Å²) < 4.78 is 19.0. The third-order valence-electron chi connectivity index (χ3n) is 3.17. The van der Waals surface area contributed by atoms with E-state index in [0.717, 1.165) is 6.54 Å². The highest BCUT2D eigenvalue weighted by Crippen LogP contribution is 2.16. The molecule has 1 amide bonds. The number of hydrogen-bond donors (Lipinski definition) is 2. The lowest BCUT2D eigenvalue weighted by molar-refractivity contribution is -0.125. The topological polar surface area (TPSA) is 50.4 Å². The van der Waals surface area contributed by atoms with Crippen LogP contribution in [0, 0.1) is 5.82 Å². The fourth-order valence-electron chi connectivity index (χ4n) is 2.16. The highest BCUT2D eigenvalue weighted by molar-refractivity contribution is 5.77. The number of carbonyl (C=O) groups excluding carboxylic acids is 1. The zero-order valence-electron chi connectivity index (χ0n) is 11.0.